The zero-order chi connectivity index (χ0) is 12.0. The molecule has 0 fully saturated rings. The number of aryl methyl sites for hydroxylation is 1. The van der Waals surface area contributed by atoms with Gasteiger partial charge in [0.05, 0.1) is 0 Å². The Morgan fingerprint density at radius 1 is 1.19 bits per heavy atom. The molecule has 1 N–H and O–H groups in total. The van der Waals surface area contributed by atoms with E-state index in [1.165, 1.54) is 17.7 Å². The molecule has 0 amide bonds. The highest BCUT2D eigenvalue weighted by atomic mass is 19.1. The van der Waals surface area contributed by atoms with Crippen molar-refractivity contribution in [2.75, 3.05) is 6.54 Å². The second-order valence-corrected chi connectivity index (χ2v) is 4.57. The average molecular weight is 223 g/mol. The summed E-state index contributed by atoms with van der Waals surface area (Å²) in [4.78, 5) is 0. The highest BCUT2D eigenvalue weighted by Crippen LogP contribution is 2.11. The lowest BCUT2D eigenvalue weighted by atomic mass is 9.96. The van der Waals surface area contributed by atoms with Gasteiger partial charge in [-0.25, -0.2) is 4.39 Å². The number of nitrogens with one attached hydrogen (secondary N) is 1. The number of hydrogen-bond acceptors (Lipinski definition) is 1. The molecule has 2 heteroatoms. The number of rotatable bonds is 6. The summed E-state index contributed by atoms with van der Waals surface area (Å²) in [5, 5.41) is 3.49. The van der Waals surface area contributed by atoms with Gasteiger partial charge in [0.25, 0.3) is 0 Å². The van der Waals surface area contributed by atoms with Crippen molar-refractivity contribution in [1.29, 1.82) is 0 Å². The van der Waals surface area contributed by atoms with E-state index in [0.29, 0.717) is 12.0 Å². The van der Waals surface area contributed by atoms with Gasteiger partial charge in [0.15, 0.2) is 0 Å². The molecular formula is C14H22FN. The Bertz CT molecular complexity index is 292. The fourth-order valence-electron chi connectivity index (χ4n) is 1.91. The normalized spacial score (nSPS) is 13.1. The molecule has 0 aromatic heterocycles. The lowest BCUT2D eigenvalue weighted by molar-refractivity contribution is 0.385. The van der Waals surface area contributed by atoms with Crippen LogP contribution in [-0.4, -0.2) is 12.6 Å². The van der Waals surface area contributed by atoms with Crippen LogP contribution in [0.15, 0.2) is 24.3 Å². The van der Waals surface area contributed by atoms with E-state index < -0.39 is 0 Å². The maximum atomic E-state index is 12.7. The van der Waals surface area contributed by atoms with Gasteiger partial charge in [0, 0.05) is 6.04 Å². The largest absolute Gasteiger partial charge is 0.314 e. The fourth-order valence-corrected chi connectivity index (χ4v) is 1.91. The van der Waals surface area contributed by atoms with Gasteiger partial charge in [0.2, 0.25) is 0 Å². The third-order valence-corrected chi connectivity index (χ3v) is 2.93. The molecule has 1 rings (SSSR count). The molecule has 0 saturated heterocycles. The average Bonchev–Trinajstić information content (AvgIpc) is 2.26. The van der Waals surface area contributed by atoms with E-state index in [0.717, 1.165) is 19.4 Å². The molecule has 1 unspecified atom stereocenters. The predicted octanol–water partition coefficient (Wildman–Crippen LogP) is 3.39. The summed E-state index contributed by atoms with van der Waals surface area (Å²) >= 11 is 0. The van der Waals surface area contributed by atoms with Crippen LogP contribution < -0.4 is 5.32 Å². The first-order chi connectivity index (χ1) is 7.63. The summed E-state index contributed by atoms with van der Waals surface area (Å²) in [6.07, 6.45) is 2.12. The summed E-state index contributed by atoms with van der Waals surface area (Å²) < 4.78 is 12.7. The summed E-state index contributed by atoms with van der Waals surface area (Å²) in [5.41, 5.74) is 1.21. The molecule has 0 aliphatic carbocycles. The zero-order valence-electron chi connectivity index (χ0n) is 10.5. The molecule has 0 heterocycles. The number of benzene rings is 1. The van der Waals surface area contributed by atoms with Crippen molar-refractivity contribution in [1.82, 2.24) is 5.32 Å². The van der Waals surface area contributed by atoms with Crippen LogP contribution in [0.3, 0.4) is 0 Å². The van der Waals surface area contributed by atoms with Crippen molar-refractivity contribution in [2.45, 2.75) is 39.7 Å². The van der Waals surface area contributed by atoms with Crippen molar-refractivity contribution in [3.8, 4) is 0 Å². The minimum absolute atomic E-state index is 0.157. The molecule has 0 radical (unpaired) electrons. The summed E-state index contributed by atoms with van der Waals surface area (Å²) in [7, 11) is 0. The molecule has 90 valence electrons. The van der Waals surface area contributed by atoms with Crippen LogP contribution in [-0.2, 0) is 6.42 Å². The van der Waals surface area contributed by atoms with E-state index in [2.05, 4.69) is 26.1 Å². The van der Waals surface area contributed by atoms with Gasteiger partial charge in [-0.3, -0.25) is 0 Å². The van der Waals surface area contributed by atoms with E-state index in [4.69, 9.17) is 0 Å². The van der Waals surface area contributed by atoms with Gasteiger partial charge in [-0.1, -0.05) is 32.9 Å². The van der Waals surface area contributed by atoms with Gasteiger partial charge >= 0.3 is 0 Å². The topological polar surface area (TPSA) is 12.0 Å². The SMILES string of the molecule is CCNC(CCc1ccc(F)cc1)C(C)C. The number of hydrogen-bond donors (Lipinski definition) is 1. The van der Waals surface area contributed by atoms with Gasteiger partial charge < -0.3 is 5.32 Å². The monoisotopic (exact) mass is 223 g/mol. The Morgan fingerprint density at radius 3 is 2.31 bits per heavy atom. The Kier molecular flexibility index (Phi) is 5.47. The standard InChI is InChI=1S/C14H22FN/c1-4-16-14(11(2)3)10-7-12-5-8-13(15)9-6-12/h5-6,8-9,11,14,16H,4,7,10H2,1-3H3. The van der Waals surface area contributed by atoms with Crippen molar-refractivity contribution < 1.29 is 4.39 Å². The second-order valence-electron chi connectivity index (χ2n) is 4.57. The molecule has 1 atom stereocenters. The maximum Gasteiger partial charge on any atom is 0.123 e. The highest BCUT2D eigenvalue weighted by Gasteiger charge is 2.11. The van der Waals surface area contributed by atoms with Crippen molar-refractivity contribution in [2.24, 2.45) is 5.92 Å². The molecule has 1 aromatic carbocycles. The Balaban J connectivity index is 2.45. The fraction of sp³-hybridized carbons (Fsp3) is 0.571. The van der Waals surface area contributed by atoms with E-state index in [1.807, 2.05) is 12.1 Å². The van der Waals surface area contributed by atoms with Crippen LogP contribution in [0.4, 0.5) is 4.39 Å². The summed E-state index contributed by atoms with van der Waals surface area (Å²) in [6, 6.07) is 7.37. The lowest BCUT2D eigenvalue weighted by Crippen LogP contribution is -2.34. The van der Waals surface area contributed by atoms with Crippen LogP contribution in [0.25, 0.3) is 0 Å². The first-order valence-electron chi connectivity index (χ1n) is 6.11. The van der Waals surface area contributed by atoms with Crippen LogP contribution in [0.5, 0.6) is 0 Å². The van der Waals surface area contributed by atoms with Gasteiger partial charge in [0.1, 0.15) is 5.82 Å². The Labute approximate surface area is 98.1 Å². The molecular weight excluding hydrogens is 201 g/mol. The maximum absolute atomic E-state index is 12.7. The first-order valence-corrected chi connectivity index (χ1v) is 6.11. The van der Waals surface area contributed by atoms with Crippen molar-refractivity contribution >= 4 is 0 Å². The minimum Gasteiger partial charge on any atom is -0.314 e. The van der Waals surface area contributed by atoms with E-state index in [1.54, 1.807) is 0 Å². The Morgan fingerprint density at radius 2 is 1.81 bits per heavy atom. The first kappa shape index (κ1) is 13.2. The van der Waals surface area contributed by atoms with Gasteiger partial charge in [-0.05, 0) is 43.0 Å². The number of halogens is 1. The van der Waals surface area contributed by atoms with Crippen molar-refractivity contribution in [3.05, 3.63) is 35.6 Å². The van der Waals surface area contributed by atoms with Crippen LogP contribution in [0, 0.1) is 11.7 Å². The van der Waals surface area contributed by atoms with Gasteiger partial charge in [-0.15, -0.1) is 0 Å². The predicted molar refractivity (Wildman–Crippen MR) is 67.0 cm³/mol. The third-order valence-electron chi connectivity index (χ3n) is 2.93. The van der Waals surface area contributed by atoms with Crippen LogP contribution >= 0.6 is 0 Å². The zero-order valence-corrected chi connectivity index (χ0v) is 10.5. The second kappa shape index (κ2) is 6.64. The molecule has 0 spiro atoms. The molecule has 0 aliphatic rings. The van der Waals surface area contributed by atoms with Gasteiger partial charge in [-0.2, -0.15) is 0 Å². The summed E-state index contributed by atoms with van der Waals surface area (Å²) in [5.74, 6) is 0.483. The molecule has 0 saturated carbocycles. The third kappa shape index (κ3) is 4.31. The quantitative estimate of drug-likeness (QED) is 0.779. The van der Waals surface area contributed by atoms with E-state index in [-0.39, 0.29) is 5.82 Å². The molecule has 1 aromatic rings. The van der Waals surface area contributed by atoms with Crippen LogP contribution in [0.2, 0.25) is 0 Å². The highest BCUT2D eigenvalue weighted by molar-refractivity contribution is 5.16. The minimum atomic E-state index is -0.157. The lowest BCUT2D eigenvalue weighted by Gasteiger charge is -2.21. The molecule has 16 heavy (non-hydrogen) atoms. The van der Waals surface area contributed by atoms with Crippen LogP contribution in [0.1, 0.15) is 32.8 Å². The smallest absolute Gasteiger partial charge is 0.123 e. The van der Waals surface area contributed by atoms with E-state index in [9.17, 15) is 4.39 Å². The molecule has 0 aliphatic heterocycles. The molecule has 1 nitrogen and oxygen atoms in total. The summed E-state index contributed by atoms with van der Waals surface area (Å²) in [6.45, 7) is 7.61. The Hall–Kier alpha value is -0.890. The van der Waals surface area contributed by atoms with Crippen molar-refractivity contribution in [3.63, 3.8) is 0 Å². The molecule has 0 bridgehead atoms. The van der Waals surface area contributed by atoms with E-state index >= 15 is 0 Å².